The van der Waals surface area contributed by atoms with Gasteiger partial charge in [-0.05, 0) is 25.0 Å². The molecule has 0 fully saturated rings. The fourth-order valence-electron chi connectivity index (χ4n) is 1.56. The van der Waals surface area contributed by atoms with Crippen LogP contribution in [0.3, 0.4) is 0 Å². The second kappa shape index (κ2) is 4.01. The van der Waals surface area contributed by atoms with E-state index in [0.717, 1.165) is 23.6 Å². The predicted molar refractivity (Wildman–Crippen MR) is 58.3 cm³/mol. The van der Waals surface area contributed by atoms with Gasteiger partial charge >= 0.3 is 0 Å². The second-order valence-corrected chi connectivity index (χ2v) is 3.81. The monoisotopic (exact) mass is 208 g/mol. The largest absolute Gasteiger partial charge is 0.264 e. The zero-order valence-electron chi connectivity index (χ0n) is 8.15. The highest BCUT2D eigenvalue weighted by atomic mass is 35.5. The van der Waals surface area contributed by atoms with Crippen LogP contribution in [0, 0.1) is 0 Å². The molecule has 1 aliphatic carbocycles. The molecule has 0 N–H and O–H groups in total. The highest BCUT2D eigenvalue weighted by Gasteiger charge is 2.15. The Kier molecular flexibility index (Phi) is 2.73. The van der Waals surface area contributed by atoms with Crippen molar-refractivity contribution in [3.8, 4) is 0 Å². The van der Waals surface area contributed by atoms with E-state index in [4.69, 9.17) is 11.6 Å². The van der Waals surface area contributed by atoms with Gasteiger partial charge in [0.2, 0.25) is 0 Å². The van der Waals surface area contributed by atoms with E-state index in [1.807, 2.05) is 29.1 Å². The van der Waals surface area contributed by atoms with Gasteiger partial charge in [-0.2, -0.15) is 5.10 Å². The minimum absolute atomic E-state index is 0.196. The number of aryl methyl sites for hydroxylation is 1. The lowest BCUT2D eigenvalue weighted by molar-refractivity contribution is 0.527. The Balaban J connectivity index is 2.23. The van der Waals surface area contributed by atoms with Crippen molar-refractivity contribution in [2.75, 3.05) is 0 Å². The molecule has 1 unspecified atom stereocenters. The van der Waals surface area contributed by atoms with Crippen molar-refractivity contribution >= 4 is 11.6 Å². The van der Waals surface area contributed by atoms with Crippen LogP contribution in [0.1, 0.15) is 25.1 Å². The first kappa shape index (κ1) is 9.53. The molecule has 0 spiro atoms. The summed E-state index contributed by atoms with van der Waals surface area (Å²) in [6.07, 6.45) is 9.94. The molecule has 2 nitrogen and oxygen atoms in total. The van der Waals surface area contributed by atoms with Gasteiger partial charge in [-0.1, -0.05) is 30.7 Å². The maximum Gasteiger partial charge on any atom is 0.0908 e. The Labute approximate surface area is 88.9 Å². The lowest BCUT2D eigenvalue weighted by Crippen LogP contribution is -2.11. The summed E-state index contributed by atoms with van der Waals surface area (Å²) in [6.45, 7) is 2.10. The first-order valence-corrected chi connectivity index (χ1v) is 5.25. The highest BCUT2D eigenvalue weighted by molar-refractivity contribution is 6.30. The van der Waals surface area contributed by atoms with E-state index in [9.17, 15) is 0 Å². The number of allylic oxidation sites excluding steroid dienone is 4. The average molecular weight is 209 g/mol. The summed E-state index contributed by atoms with van der Waals surface area (Å²) >= 11 is 6.12. The molecule has 74 valence electrons. The van der Waals surface area contributed by atoms with Crippen LogP contribution in [-0.2, 0) is 6.42 Å². The standard InChI is InChI=1S/C11H13ClN2/c1-2-9-7-8-14(13-9)11-6-4-3-5-10(11)12/h3-5,7-8,11H,2,6H2,1H3. The molecule has 0 saturated heterocycles. The maximum atomic E-state index is 6.12. The van der Waals surface area contributed by atoms with Crippen molar-refractivity contribution in [3.05, 3.63) is 41.2 Å². The van der Waals surface area contributed by atoms with Gasteiger partial charge in [-0.25, -0.2) is 0 Å². The quantitative estimate of drug-likeness (QED) is 0.731. The van der Waals surface area contributed by atoms with Crippen LogP contribution >= 0.6 is 11.6 Å². The van der Waals surface area contributed by atoms with Gasteiger partial charge in [0, 0.05) is 11.2 Å². The number of hydrogen-bond acceptors (Lipinski definition) is 1. The molecule has 0 radical (unpaired) electrons. The smallest absolute Gasteiger partial charge is 0.0908 e. The van der Waals surface area contributed by atoms with E-state index in [1.165, 1.54) is 0 Å². The van der Waals surface area contributed by atoms with Crippen LogP contribution in [0.15, 0.2) is 35.5 Å². The van der Waals surface area contributed by atoms with Crippen molar-refractivity contribution in [2.24, 2.45) is 0 Å². The van der Waals surface area contributed by atoms with Crippen LogP contribution in [0.2, 0.25) is 0 Å². The van der Waals surface area contributed by atoms with E-state index in [-0.39, 0.29) is 6.04 Å². The fraction of sp³-hybridized carbons (Fsp3) is 0.364. The van der Waals surface area contributed by atoms with E-state index >= 15 is 0 Å². The van der Waals surface area contributed by atoms with Gasteiger partial charge in [-0.3, -0.25) is 4.68 Å². The molecular formula is C11H13ClN2. The SMILES string of the molecule is CCc1ccn(C2CC=CC=C2Cl)n1. The first-order chi connectivity index (χ1) is 6.81. The van der Waals surface area contributed by atoms with Crippen LogP contribution in [-0.4, -0.2) is 9.78 Å². The normalized spacial score (nSPS) is 21.0. The van der Waals surface area contributed by atoms with Gasteiger partial charge in [-0.15, -0.1) is 0 Å². The van der Waals surface area contributed by atoms with Gasteiger partial charge in [0.15, 0.2) is 0 Å². The highest BCUT2D eigenvalue weighted by Crippen LogP contribution is 2.27. The topological polar surface area (TPSA) is 17.8 Å². The Morgan fingerprint density at radius 3 is 3.14 bits per heavy atom. The third-order valence-corrected chi connectivity index (χ3v) is 2.79. The molecule has 3 heteroatoms. The van der Waals surface area contributed by atoms with E-state index in [2.05, 4.69) is 18.1 Å². The van der Waals surface area contributed by atoms with Crippen molar-refractivity contribution in [1.29, 1.82) is 0 Å². The lowest BCUT2D eigenvalue weighted by atomic mass is 10.1. The van der Waals surface area contributed by atoms with Crippen LogP contribution in [0.5, 0.6) is 0 Å². The molecule has 0 aromatic carbocycles. The third kappa shape index (κ3) is 1.75. The number of rotatable bonds is 2. The summed E-state index contributed by atoms with van der Waals surface area (Å²) in [5.74, 6) is 0. The molecule has 2 rings (SSSR count). The molecule has 0 saturated carbocycles. The zero-order valence-corrected chi connectivity index (χ0v) is 8.91. The van der Waals surface area contributed by atoms with E-state index in [0.29, 0.717) is 0 Å². The summed E-state index contributed by atoms with van der Waals surface area (Å²) in [5, 5.41) is 5.32. The zero-order chi connectivity index (χ0) is 9.97. The van der Waals surface area contributed by atoms with Gasteiger partial charge in [0.1, 0.15) is 0 Å². The van der Waals surface area contributed by atoms with Crippen LogP contribution in [0.4, 0.5) is 0 Å². The molecule has 0 bridgehead atoms. The molecule has 1 heterocycles. The minimum atomic E-state index is 0.196. The number of nitrogens with zero attached hydrogens (tertiary/aromatic N) is 2. The molecule has 1 aromatic heterocycles. The van der Waals surface area contributed by atoms with Crippen LogP contribution in [0.25, 0.3) is 0 Å². The van der Waals surface area contributed by atoms with E-state index < -0.39 is 0 Å². The maximum absolute atomic E-state index is 6.12. The molecule has 1 aromatic rings. The second-order valence-electron chi connectivity index (χ2n) is 3.37. The van der Waals surface area contributed by atoms with Gasteiger partial charge in [0.05, 0.1) is 11.7 Å². The van der Waals surface area contributed by atoms with Crippen LogP contribution < -0.4 is 0 Å². The van der Waals surface area contributed by atoms with Gasteiger partial charge < -0.3 is 0 Å². The summed E-state index contributed by atoms with van der Waals surface area (Å²) in [7, 11) is 0. The molecular weight excluding hydrogens is 196 g/mol. The summed E-state index contributed by atoms with van der Waals surface area (Å²) < 4.78 is 1.95. The van der Waals surface area contributed by atoms with E-state index in [1.54, 1.807) is 0 Å². The Morgan fingerprint density at radius 1 is 1.64 bits per heavy atom. The third-order valence-electron chi connectivity index (χ3n) is 2.41. The van der Waals surface area contributed by atoms with Crippen molar-refractivity contribution in [2.45, 2.75) is 25.8 Å². The molecule has 1 atom stereocenters. The van der Waals surface area contributed by atoms with Crippen molar-refractivity contribution in [1.82, 2.24) is 9.78 Å². The Morgan fingerprint density at radius 2 is 2.50 bits per heavy atom. The molecule has 14 heavy (non-hydrogen) atoms. The minimum Gasteiger partial charge on any atom is -0.264 e. The number of aromatic nitrogens is 2. The average Bonchev–Trinajstić information content (AvgIpc) is 2.67. The Hall–Kier alpha value is -1.02. The summed E-state index contributed by atoms with van der Waals surface area (Å²) in [4.78, 5) is 0. The summed E-state index contributed by atoms with van der Waals surface area (Å²) in [6, 6.07) is 2.24. The molecule has 0 aliphatic heterocycles. The lowest BCUT2D eigenvalue weighted by Gasteiger charge is -2.17. The Bertz CT molecular complexity index is 376. The van der Waals surface area contributed by atoms with Crippen molar-refractivity contribution in [3.63, 3.8) is 0 Å². The molecule has 0 amide bonds. The summed E-state index contributed by atoms with van der Waals surface area (Å²) in [5.41, 5.74) is 1.11. The van der Waals surface area contributed by atoms with Crippen molar-refractivity contribution < 1.29 is 0 Å². The number of halogens is 1. The molecule has 1 aliphatic rings. The van der Waals surface area contributed by atoms with Gasteiger partial charge in [0.25, 0.3) is 0 Å². The first-order valence-electron chi connectivity index (χ1n) is 4.87. The number of hydrogen-bond donors (Lipinski definition) is 0. The predicted octanol–water partition coefficient (Wildman–Crippen LogP) is 3.07. The fourth-order valence-corrected chi connectivity index (χ4v) is 1.83.